The predicted octanol–water partition coefficient (Wildman–Crippen LogP) is 3.43. The number of rotatable bonds is 3. The van der Waals surface area contributed by atoms with Crippen LogP contribution in [0.5, 0.6) is 0 Å². The van der Waals surface area contributed by atoms with Crippen LogP contribution in [0.4, 0.5) is 0 Å². The highest BCUT2D eigenvalue weighted by molar-refractivity contribution is 5.84. The Kier molecular flexibility index (Phi) is 2.45. The first kappa shape index (κ1) is 10.2. The molecule has 2 atom stereocenters. The highest BCUT2D eigenvalue weighted by Gasteiger charge is 2.55. The van der Waals surface area contributed by atoms with E-state index in [-0.39, 0.29) is 0 Å². The molecule has 1 nitrogen and oxygen atoms in total. The Morgan fingerprint density at radius 2 is 1.79 bits per heavy atom. The van der Waals surface area contributed by atoms with Crippen LogP contribution in [-0.2, 0) is 4.79 Å². The monoisotopic (exact) mass is 194 g/mol. The quantitative estimate of drug-likeness (QED) is 0.672. The van der Waals surface area contributed by atoms with Gasteiger partial charge >= 0.3 is 0 Å². The Morgan fingerprint density at radius 3 is 2.29 bits per heavy atom. The van der Waals surface area contributed by atoms with Gasteiger partial charge in [-0.3, -0.25) is 4.79 Å². The zero-order valence-electron chi connectivity index (χ0n) is 9.68. The van der Waals surface area contributed by atoms with Crippen molar-refractivity contribution in [3.63, 3.8) is 0 Å². The summed E-state index contributed by atoms with van der Waals surface area (Å²) in [5, 5.41) is 0. The molecule has 0 aliphatic heterocycles. The van der Waals surface area contributed by atoms with Gasteiger partial charge in [0.1, 0.15) is 5.78 Å². The zero-order valence-corrected chi connectivity index (χ0v) is 9.68. The molecule has 0 heterocycles. The second-order valence-electron chi connectivity index (χ2n) is 6.31. The summed E-state index contributed by atoms with van der Waals surface area (Å²) in [5.41, 5.74) is 0.319. The molecule has 2 fully saturated rings. The molecule has 0 amide bonds. The van der Waals surface area contributed by atoms with E-state index in [1.807, 2.05) is 0 Å². The van der Waals surface area contributed by atoms with Crippen molar-refractivity contribution in [2.24, 2.45) is 23.2 Å². The van der Waals surface area contributed by atoms with Gasteiger partial charge in [-0.25, -0.2) is 0 Å². The molecule has 0 radical (unpaired) electrons. The lowest BCUT2D eigenvalue weighted by molar-refractivity contribution is -0.121. The average molecular weight is 194 g/mol. The summed E-state index contributed by atoms with van der Waals surface area (Å²) in [7, 11) is 0. The van der Waals surface area contributed by atoms with Crippen LogP contribution in [0.1, 0.15) is 52.9 Å². The van der Waals surface area contributed by atoms with E-state index in [0.29, 0.717) is 17.1 Å². The van der Waals surface area contributed by atoms with Gasteiger partial charge in [-0.1, -0.05) is 27.2 Å². The fourth-order valence-corrected chi connectivity index (χ4v) is 2.96. The van der Waals surface area contributed by atoms with Crippen LogP contribution >= 0.6 is 0 Å². The average Bonchev–Trinajstić information content (AvgIpc) is 2.54. The first-order valence-corrected chi connectivity index (χ1v) is 6.02. The lowest BCUT2D eigenvalue weighted by Gasteiger charge is -2.17. The fourth-order valence-electron chi connectivity index (χ4n) is 2.96. The van der Waals surface area contributed by atoms with E-state index >= 15 is 0 Å². The van der Waals surface area contributed by atoms with Crippen molar-refractivity contribution in [3.8, 4) is 0 Å². The molecule has 0 aromatic carbocycles. The van der Waals surface area contributed by atoms with Gasteiger partial charge in [0.2, 0.25) is 0 Å². The highest BCUT2D eigenvalue weighted by Crippen LogP contribution is 2.58. The summed E-state index contributed by atoms with van der Waals surface area (Å²) >= 11 is 0. The summed E-state index contributed by atoms with van der Waals surface area (Å²) in [6, 6.07) is 0. The van der Waals surface area contributed by atoms with Crippen LogP contribution < -0.4 is 0 Å². The maximum Gasteiger partial charge on any atom is 0.136 e. The summed E-state index contributed by atoms with van der Waals surface area (Å²) in [6.45, 7) is 6.65. The standard InChI is InChI=1S/C13H22O/c1-13(2,3)8-7-11(14)12-9-5-4-6-10(9)12/h9-10,12H,4-8H2,1-3H3. The lowest BCUT2D eigenvalue weighted by atomic mass is 9.88. The van der Waals surface area contributed by atoms with Gasteiger partial charge in [0.25, 0.3) is 0 Å². The van der Waals surface area contributed by atoms with Crippen molar-refractivity contribution in [2.45, 2.75) is 52.9 Å². The van der Waals surface area contributed by atoms with E-state index in [1.54, 1.807) is 0 Å². The van der Waals surface area contributed by atoms with Gasteiger partial charge < -0.3 is 0 Å². The van der Waals surface area contributed by atoms with Gasteiger partial charge in [0.15, 0.2) is 0 Å². The molecule has 0 spiro atoms. The molecule has 1 heteroatoms. The Labute approximate surface area is 87.3 Å². The molecule has 0 bridgehead atoms. The van der Waals surface area contributed by atoms with Gasteiger partial charge in [-0.2, -0.15) is 0 Å². The van der Waals surface area contributed by atoms with Crippen molar-refractivity contribution in [1.82, 2.24) is 0 Å². The summed E-state index contributed by atoms with van der Waals surface area (Å²) < 4.78 is 0. The molecular weight excluding hydrogens is 172 g/mol. The van der Waals surface area contributed by atoms with Crippen molar-refractivity contribution < 1.29 is 4.79 Å². The molecular formula is C13H22O. The molecule has 0 aromatic heterocycles. The van der Waals surface area contributed by atoms with Crippen molar-refractivity contribution in [2.75, 3.05) is 0 Å². The van der Waals surface area contributed by atoms with Crippen LogP contribution in [0.15, 0.2) is 0 Å². The maximum atomic E-state index is 11.9. The number of hydrogen-bond acceptors (Lipinski definition) is 1. The minimum atomic E-state index is 0.319. The molecule has 0 saturated heterocycles. The number of carbonyl (C=O) groups excluding carboxylic acids is 1. The maximum absolute atomic E-state index is 11.9. The van der Waals surface area contributed by atoms with Crippen LogP contribution in [0.2, 0.25) is 0 Å². The zero-order chi connectivity index (χ0) is 10.3. The van der Waals surface area contributed by atoms with E-state index in [4.69, 9.17) is 0 Å². The Balaban J connectivity index is 1.75. The summed E-state index contributed by atoms with van der Waals surface area (Å²) in [6.07, 6.45) is 5.91. The Bertz CT molecular complexity index is 226. The third-order valence-corrected chi connectivity index (χ3v) is 3.90. The third kappa shape index (κ3) is 2.02. The molecule has 0 N–H and O–H groups in total. The summed E-state index contributed by atoms with van der Waals surface area (Å²) in [5.74, 6) is 2.67. The van der Waals surface area contributed by atoms with Crippen molar-refractivity contribution in [3.05, 3.63) is 0 Å². The molecule has 2 saturated carbocycles. The molecule has 2 unspecified atom stereocenters. The largest absolute Gasteiger partial charge is 0.299 e. The first-order valence-electron chi connectivity index (χ1n) is 6.02. The smallest absolute Gasteiger partial charge is 0.136 e. The number of ketones is 1. The van der Waals surface area contributed by atoms with Gasteiger partial charge in [-0.05, 0) is 36.5 Å². The fraction of sp³-hybridized carbons (Fsp3) is 0.923. The van der Waals surface area contributed by atoms with Gasteiger partial charge in [0.05, 0.1) is 0 Å². The van der Waals surface area contributed by atoms with Crippen LogP contribution in [0.25, 0.3) is 0 Å². The number of hydrogen-bond donors (Lipinski definition) is 0. The Hall–Kier alpha value is -0.330. The van der Waals surface area contributed by atoms with Crippen LogP contribution in [0.3, 0.4) is 0 Å². The SMILES string of the molecule is CC(C)(C)CCC(=O)C1C2CCCC21. The minimum absolute atomic E-state index is 0.319. The number of Topliss-reactive ketones (excluding diaryl/α,β-unsaturated/α-hetero) is 1. The van der Waals surface area contributed by atoms with E-state index < -0.39 is 0 Å². The first-order chi connectivity index (χ1) is 6.49. The van der Waals surface area contributed by atoms with E-state index in [1.165, 1.54) is 19.3 Å². The van der Waals surface area contributed by atoms with Crippen LogP contribution in [0, 0.1) is 23.2 Å². The van der Waals surface area contributed by atoms with Crippen molar-refractivity contribution >= 4 is 5.78 Å². The number of fused-ring (bicyclic) bond motifs is 1. The number of carbonyl (C=O) groups is 1. The normalized spacial score (nSPS) is 35.5. The Morgan fingerprint density at radius 1 is 1.21 bits per heavy atom. The van der Waals surface area contributed by atoms with Gasteiger partial charge in [0, 0.05) is 12.3 Å². The second-order valence-corrected chi connectivity index (χ2v) is 6.31. The van der Waals surface area contributed by atoms with Crippen molar-refractivity contribution in [1.29, 1.82) is 0 Å². The summed E-state index contributed by atoms with van der Waals surface area (Å²) in [4.78, 5) is 11.9. The van der Waals surface area contributed by atoms with Gasteiger partial charge in [-0.15, -0.1) is 0 Å². The molecule has 2 aliphatic rings. The third-order valence-electron chi connectivity index (χ3n) is 3.90. The lowest BCUT2D eigenvalue weighted by Crippen LogP contribution is -2.11. The second kappa shape index (κ2) is 3.36. The molecule has 2 rings (SSSR count). The predicted molar refractivity (Wildman–Crippen MR) is 58.0 cm³/mol. The molecule has 14 heavy (non-hydrogen) atoms. The molecule has 0 aromatic rings. The molecule has 2 aliphatic carbocycles. The van der Waals surface area contributed by atoms with E-state index in [0.717, 1.165) is 24.7 Å². The van der Waals surface area contributed by atoms with E-state index in [2.05, 4.69) is 20.8 Å². The topological polar surface area (TPSA) is 17.1 Å². The highest BCUT2D eigenvalue weighted by atomic mass is 16.1. The van der Waals surface area contributed by atoms with E-state index in [9.17, 15) is 4.79 Å². The molecule has 80 valence electrons. The van der Waals surface area contributed by atoms with Crippen LogP contribution in [-0.4, -0.2) is 5.78 Å². The minimum Gasteiger partial charge on any atom is -0.299 e.